The van der Waals surface area contributed by atoms with E-state index in [0.29, 0.717) is 11.8 Å². The maximum atomic E-state index is 6.45. The van der Waals surface area contributed by atoms with Crippen LogP contribution >= 0.6 is 0 Å². The van der Waals surface area contributed by atoms with Gasteiger partial charge in [-0.05, 0) is 37.2 Å². The molecule has 0 radical (unpaired) electrons. The zero-order chi connectivity index (χ0) is 14.3. The molecule has 1 aromatic rings. The van der Waals surface area contributed by atoms with E-state index in [2.05, 4.69) is 13.8 Å². The first kappa shape index (κ1) is 13.7. The minimum Gasteiger partial charge on any atom is -0.497 e. The Bertz CT molecular complexity index is 490. The van der Waals surface area contributed by atoms with Gasteiger partial charge in [0, 0.05) is 24.1 Å². The predicted molar refractivity (Wildman–Crippen MR) is 80.1 cm³/mol. The van der Waals surface area contributed by atoms with Gasteiger partial charge in [-0.15, -0.1) is 0 Å². The Hall–Kier alpha value is -1.22. The smallest absolute Gasteiger partial charge is 0.128 e. The molecule has 0 saturated heterocycles. The van der Waals surface area contributed by atoms with Crippen LogP contribution in [0.5, 0.6) is 11.5 Å². The summed E-state index contributed by atoms with van der Waals surface area (Å²) in [6.45, 7) is 4.65. The highest BCUT2D eigenvalue weighted by Crippen LogP contribution is 2.48. The highest BCUT2D eigenvalue weighted by atomic mass is 16.5. The van der Waals surface area contributed by atoms with Crippen molar-refractivity contribution in [3.63, 3.8) is 0 Å². The molecule has 1 aliphatic carbocycles. The molecule has 2 aliphatic rings. The van der Waals surface area contributed by atoms with Crippen molar-refractivity contribution in [2.45, 2.75) is 51.2 Å². The summed E-state index contributed by atoms with van der Waals surface area (Å²) in [5, 5.41) is 0. The molecule has 1 aliphatic heterocycles. The Morgan fingerprint density at radius 2 is 1.90 bits per heavy atom. The highest BCUT2D eigenvalue weighted by molar-refractivity contribution is 5.44. The number of hydrogen-bond donors (Lipinski definition) is 1. The molecule has 1 heterocycles. The van der Waals surface area contributed by atoms with Gasteiger partial charge in [0.1, 0.15) is 17.1 Å². The van der Waals surface area contributed by atoms with E-state index in [1.807, 2.05) is 18.2 Å². The lowest BCUT2D eigenvalue weighted by atomic mass is 9.69. The van der Waals surface area contributed by atoms with E-state index in [4.69, 9.17) is 15.2 Å². The minimum absolute atomic E-state index is 0.0714. The molecule has 3 atom stereocenters. The largest absolute Gasteiger partial charge is 0.497 e. The molecular formula is C17H25NO2. The molecule has 20 heavy (non-hydrogen) atoms. The van der Waals surface area contributed by atoms with Crippen molar-refractivity contribution in [2.24, 2.45) is 17.6 Å². The lowest BCUT2D eigenvalue weighted by Gasteiger charge is -2.47. The van der Waals surface area contributed by atoms with Gasteiger partial charge in [0.2, 0.25) is 0 Å². The molecule has 0 amide bonds. The molecule has 3 rings (SSSR count). The molecule has 0 aromatic heterocycles. The molecular weight excluding hydrogens is 250 g/mol. The highest BCUT2D eigenvalue weighted by Gasteiger charge is 2.44. The minimum atomic E-state index is -0.0735. The van der Waals surface area contributed by atoms with Gasteiger partial charge in [-0.1, -0.05) is 19.9 Å². The number of ether oxygens (including phenoxy) is 2. The SMILES string of the molecule is COc1ccc2c(c1)OC1(CC(C)CC(C)C1)C[C@H]2N. The quantitative estimate of drug-likeness (QED) is 0.850. The average Bonchev–Trinajstić information content (AvgIpc) is 2.36. The second kappa shape index (κ2) is 4.96. The maximum Gasteiger partial charge on any atom is 0.128 e. The second-order valence-corrected chi connectivity index (χ2v) is 6.85. The van der Waals surface area contributed by atoms with Crippen LogP contribution in [-0.4, -0.2) is 12.7 Å². The number of hydrogen-bond acceptors (Lipinski definition) is 3. The first-order chi connectivity index (χ1) is 9.51. The van der Waals surface area contributed by atoms with Gasteiger partial charge in [0.05, 0.1) is 7.11 Å². The topological polar surface area (TPSA) is 44.5 Å². The predicted octanol–water partition coefficient (Wildman–Crippen LogP) is 3.67. The maximum absolute atomic E-state index is 6.45. The van der Waals surface area contributed by atoms with Crippen molar-refractivity contribution < 1.29 is 9.47 Å². The summed E-state index contributed by atoms with van der Waals surface area (Å²) >= 11 is 0. The van der Waals surface area contributed by atoms with Gasteiger partial charge in [-0.3, -0.25) is 0 Å². The Morgan fingerprint density at radius 3 is 2.55 bits per heavy atom. The summed E-state index contributed by atoms with van der Waals surface area (Å²) in [5.74, 6) is 3.17. The van der Waals surface area contributed by atoms with E-state index >= 15 is 0 Å². The fourth-order valence-electron chi connectivity index (χ4n) is 4.28. The van der Waals surface area contributed by atoms with Gasteiger partial charge < -0.3 is 15.2 Å². The summed E-state index contributed by atoms with van der Waals surface area (Å²) in [5.41, 5.74) is 7.45. The number of rotatable bonds is 1. The normalized spacial score (nSPS) is 36.3. The summed E-state index contributed by atoms with van der Waals surface area (Å²) < 4.78 is 11.8. The van der Waals surface area contributed by atoms with E-state index in [-0.39, 0.29) is 11.6 Å². The zero-order valence-corrected chi connectivity index (χ0v) is 12.7. The molecule has 2 unspecified atom stereocenters. The van der Waals surface area contributed by atoms with Gasteiger partial charge in [0.15, 0.2) is 0 Å². The first-order valence-electron chi connectivity index (χ1n) is 7.64. The fourth-order valence-corrected chi connectivity index (χ4v) is 4.28. The molecule has 2 N–H and O–H groups in total. The van der Waals surface area contributed by atoms with E-state index in [1.54, 1.807) is 7.11 Å². The Balaban J connectivity index is 1.94. The number of fused-ring (bicyclic) bond motifs is 1. The summed E-state index contributed by atoms with van der Waals surface area (Å²) in [7, 11) is 1.69. The summed E-state index contributed by atoms with van der Waals surface area (Å²) in [6, 6.07) is 6.07. The van der Waals surface area contributed by atoms with Gasteiger partial charge in [0.25, 0.3) is 0 Å². The van der Waals surface area contributed by atoms with Crippen molar-refractivity contribution in [3.8, 4) is 11.5 Å². The summed E-state index contributed by atoms with van der Waals surface area (Å²) in [6.07, 6.45) is 4.45. The molecule has 1 aromatic carbocycles. The molecule has 110 valence electrons. The molecule has 1 fully saturated rings. The Kier molecular flexibility index (Phi) is 3.41. The first-order valence-corrected chi connectivity index (χ1v) is 7.64. The lowest BCUT2D eigenvalue weighted by molar-refractivity contribution is -0.0312. The van der Waals surface area contributed by atoms with Gasteiger partial charge in [-0.25, -0.2) is 0 Å². The van der Waals surface area contributed by atoms with Crippen LogP contribution in [0.4, 0.5) is 0 Å². The second-order valence-electron chi connectivity index (χ2n) is 6.85. The van der Waals surface area contributed by atoms with Crippen molar-refractivity contribution in [2.75, 3.05) is 7.11 Å². The Labute approximate surface area is 121 Å². The lowest BCUT2D eigenvalue weighted by Crippen LogP contribution is -2.48. The van der Waals surface area contributed by atoms with E-state index in [1.165, 1.54) is 6.42 Å². The third-order valence-electron chi connectivity index (χ3n) is 4.78. The van der Waals surface area contributed by atoms with Crippen LogP contribution in [0.15, 0.2) is 18.2 Å². The number of methoxy groups -OCH3 is 1. The van der Waals surface area contributed by atoms with Crippen LogP contribution < -0.4 is 15.2 Å². The van der Waals surface area contributed by atoms with Crippen molar-refractivity contribution >= 4 is 0 Å². The average molecular weight is 275 g/mol. The van der Waals surface area contributed by atoms with Crippen LogP contribution in [0.25, 0.3) is 0 Å². The molecule has 3 heteroatoms. The van der Waals surface area contributed by atoms with Crippen LogP contribution in [0.3, 0.4) is 0 Å². The van der Waals surface area contributed by atoms with Crippen molar-refractivity contribution in [1.29, 1.82) is 0 Å². The van der Waals surface area contributed by atoms with Crippen LogP contribution in [0.1, 0.15) is 51.1 Å². The molecule has 1 spiro atoms. The van der Waals surface area contributed by atoms with Crippen LogP contribution in [0.2, 0.25) is 0 Å². The van der Waals surface area contributed by atoms with Crippen molar-refractivity contribution in [3.05, 3.63) is 23.8 Å². The van der Waals surface area contributed by atoms with Crippen molar-refractivity contribution in [1.82, 2.24) is 0 Å². The third kappa shape index (κ3) is 2.39. The standard InChI is InChI=1S/C17H25NO2/c1-11-6-12(2)9-17(8-11)10-15(18)14-5-4-13(19-3)7-16(14)20-17/h4-5,7,11-12,15H,6,8-10,18H2,1-3H3/t11?,12?,15-,17?/m1/s1. The van der Waals surface area contributed by atoms with E-state index in [0.717, 1.165) is 36.3 Å². The molecule has 3 nitrogen and oxygen atoms in total. The summed E-state index contributed by atoms with van der Waals surface area (Å²) in [4.78, 5) is 0. The van der Waals surface area contributed by atoms with Crippen LogP contribution in [0, 0.1) is 11.8 Å². The Morgan fingerprint density at radius 1 is 1.20 bits per heavy atom. The molecule has 0 bridgehead atoms. The molecule has 1 saturated carbocycles. The zero-order valence-electron chi connectivity index (χ0n) is 12.7. The monoisotopic (exact) mass is 275 g/mol. The fraction of sp³-hybridized carbons (Fsp3) is 0.647. The number of nitrogens with two attached hydrogens (primary N) is 1. The van der Waals surface area contributed by atoms with Gasteiger partial charge in [-0.2, -0.15) is 0 Å². The van der Waals surface area contributed by atoms with Gasteiger partial charge >= 0.3 is 0 Å². The van der Waals surface area contributed by atoms with E-state index < -0.39 is 0 Å². The third-order valence-corrected chi connectivity index (χ3v) is 4.78. The van der Waals surface area contributed by atoms with E-state index in [9.17, 15) is 0 Å². The van der Waals surface area contributed by atoms with Crippen LogP contribution in [-0.2, 0) is 0 Å². The number of benzene rings is 1.